The Hall–Kier alpha value is -2.74. The molecule has 0 bridgehead atoms. The molecule has 0 N–H and O–H groups in total. The molecule has 0 spiro atoms. The van der Waals surface area contributed by atoms with Gasteiger partial charge in [0.15, 0.2) is 0 Å². The van der Waals surface area contributed by atoms with Gasteiger partial charge in [0.2, 0.25) is 0 Å². The van der Waals surface area contributed by atoms with Crippen molar-refractivity contribution in [1.29, 1.82) is 0 Å². The molecular formula is C31H40O2. The van der Waals surface area contributed by atoms with Crippen LogP contribution >= 0.6 is 0 Å². The van der Waals surface area contributed by atoms with Gasteiger partial charge in [-0.05, 0) is 71.8 Å². The minimum absolute atomic E-state index is 0.802. The lowest BCUT2D eigenvalue weighted by Crippen LogP contribution is -1.99. The van der Waals surface area contributed by atoms with Gasteiger partial charge in [-0.1, -0.05) is 94.8 Å². The summed E-state index contributed by atoms with van der Waals surface area (Å²) in [4.78, 5) is 0. The molecule has 33 heavy (non-hydrogen) atoms. The first-order chi connectivity index (χ1) is 16.2. The molecule has 0 fully saturated rings. The van der Waals surface area contributed by atoms with Crippen molar-refractivity contribution in [2.24, 2.45) is 0 Å². The summed E-state index contributed by atoms with van der Waals surface area (Å²) in [5.74, 6) is 1.95. The van der Waals surface area contributed by atoms with Gasteiger partial charge >= 0.3 is 0 Å². The molecule has 0 aliphatic heterocycles. The van der Waals surface area contributed by atoms with Crippen LogP contribution in [0, 0.1) is 6.92 Å². The Kier molecular flexibility index (Phi) is 10.4. The first kappa shape index (κ1) is 24.9. The maximum atomic E-state index is 5.99. The first-order valence-corrected chi connectivity index (χ1v) is 12.8. The van der Waals surface area contributed by atoms with E-state index in [-0.39, 0.29) is 0 Å². The molecule has 2 heteroatoms. The molecule has 0 aliphatic carbocycles. The number of hydrogen-bond donors (Lipinski definition) is 0. The van der Waals surface area contributed by atoms with Crippen LogP contribution in [0.5, 0.6) is 11.5 Å². The largest absolute Gasteiger partial charge is 0.494 e. The molecule has 3 rings (SSSR count). The van der Waals surface area contributed by atoms with Gasteiger partial charge in [0.1, 0.15) is 11.5 Å². The van der Waals surface area contributed by atoms with E-state index in [2.05, 4.69) is 87.5 Å². The van der Waals surface area contributed by atoms with E-state index in [0.29, 0.717) is 0 Å². The first-order valence-electron chi connectivity index (χ1n) is 12.8. The monoisotopic (exact) mass is 444 g/mol. The zero-order valence-corrected chi connectivity index (χ0v) is 20.7. The van der Waals surface area contributed by atoms with Crippen molar-refractivity contribution in [3.05, 3.63) is 72.3 Å². The molecule has 0 heterocycles. The Morgan fingerprint density at radius 2 is 1.00 bits per heavy atom. The number of ether oxygens (including phenoxy) is 2. The smallest absolute Gasteiger partial charge is 0.122 e. The van der Waals surface area contributed by atoms with Gasteiger partial charge in [0.25, 0.3) is 0 Å². The fraction of sp³-hybridized carbons (Fsp3) is 0.419. The van der Waals surface area contributed by atoms with Gasteiger partial charge in [0.05, 0.1) is 13.2 Å². The summed E-state index contributed by atoms with van der Waals surface area (Å²) < 4.78 is 11.9. The molecule has 3 aromatic rings. The van der Waals surface area contributed by atoms with E-state index in [1.807, 2.05) is 0 Å². The molecular weight excluding hydrogens is 404 g/mol. The van der Waals surface area contributed by atoms with Crippen LogP contribution < -0.4 is 9.47 Å². The van der Waals surface area contributed by atoms with E-state index >= 15 is 0 Å². The van der Waals surface area contributed by atoms with Gasteiger partial charge in [-0.2, -0.15) is 0 Å². The third-order valence-corrected chi connectivity index (χ3v) is 6.10. The Morgan fingerprint density at radius 1 is 0.515 bits per heavy atom. The number of hydrogen-bond acceptors (Lipinski definition) is 2. The van der Waals surface area contributed by atoms with E-state index in [0.717, 1.165) is 37.6 Å². The van der Waals surface area contributed by atoms with Gasteiger partial charge in [-0.25, -0.2) is 0 Å². The summed E-state index contributed by atoms with van der Waals surface area (Å²) in [6, 6.07) is 23.7. The van der Waals surface area contributed by atoms with E-state index in [1.54, 1.807) is 0 Å². The number of unbranched alkanes of at least 4 members (excludes halogenated alkanes) is 6. The van der Waals surface area contributed by atoms with Gasteiger partial charge in [0, 0.05) is 0 Å². The van der Waals surface area contributed by atoms with Crippen molar-refractivity contribution >= 4 is 0 Å². The van der Waals surface area contributed by atoms with Crippen LogP contribution in [0.3, 0.4) is 0 Å². The zero-order valence-electron chi connectivity index (χ0n) is 20.7. The summed E-state index contributed by atoms with van der Waals surface area (Å²) in [5, 5.41) is 0. The second kappa shape index (κ2) is 13.7. The second-order valence-electron chi connectivity index (χ2n) is 8.90. The van der Waals surface area contributed by atoms with Crippen molar-refractivity contribution in [3.8, 4) is 33.8 Å². The van der Waals surface area contributed by atoms with Gasteiger partial charge in [-0.15, -0.1) is 0 Å². The van der Waals surface area contributed by atoms with Crippen molar-refractivity contribution in [1.82, 2.24) is 0 Å². The lowest BCUT2D eigenvalue weighted by molar-refractivity contribution is 0.303. The third-order valence-electron chi connectivity index (χ3n) is 6.10. The molecule has 0 atom stereocenters. The average molecular weight is 445 g/mol. The highest BCUT2D eigenvalue weighted by Gasteiger charge is 2.05. The minimum Gasteiger partial charge on any atom is -0.494 e. The highest BCUT2D eigenvalue weighted by Crippen LogP contribution is 2.29. The Morgan fingerprint density at radius 3 is 1.55 bits per heavy atom. The van der Waals surface area contributed by atoms with E-state index in [9.17, 15) is 0 Å². The van der Waals surface area contributed by atoms with Crippen LogP contribution in [0.4, 0.5) is 0 Å². The molecule has 176 valence electrons. The normalized spacial score (nSPS) is 10.9. The van der Waals surface area contributed by atoms with Gasteiger partial charge in [-0.3, -0.25) is 0 Å². The van der Waals surface area contributed by atoms with Gasteiger partial charge < -0.3 is 9.47 Å². The quantitative estimate of drug-likeness (QED) is 0.231. The molecule has 0 saturated carbocycles. The summed E-state index contributed by atoms with van der Waals surface area (Å²) >= 11 is 0. The van der Waals surface area contributed by atoms with Crippen LogP contribution in [0.15, 0.2) is 66.7 Å². The number of benzene rings is 3. The van der Waals surface area contributed by atoms with Crippen LogP contribution in [0.2, 0.25) is 0 Å². The highest BCUT2D eigenvalue weighted by molar-refractivity contribution is 5.71. The molecule has 0 amide bonds. The van der Waals surface area contributed by atoms with Crippen LogP contribution in [0.1, 0.15) is 70.8 Å². The predicted molar refractivity (Wildman–Crippen MR) is 141 cm³/mol. The van der Waals surface area contributed by atoms with Crippen molar-refractivity contribution < 1.29 is 9.47 Å². The maximum Gasteiger partial charge on any atom is 0.122 e. The molecule has 0 unspecified atom stereocenters. The maximum absolute atomic E-state index is 5.99. The van der Waals surface area contributed by atoms with Crippen molar-refractivity contribution in [2.45, 2.75) is 72.1 Å². The fourth-order valence-corrected chi connectivity index (χ4v) is 4.02. The van der Waals surface area contributed by atoms with Crippen LogP contribution in [-0.2, 0) is 0 Å². The topological polar surface area (TPSA) is 18.5 Å². The average Bonchev–Trinajstić information content (AvgIpc) is 2.85. The SMILES string of the molecule is CCCCCCOc1ccc(-c2ccc(-c3ccc(OCCCCCC)c(C)c3)cc2)cc1. The number of rotatable bonds is 14. The second-order valence-corrected chi connectivity index (χ2v) is 8.90. The molecule has 0 aliphatic rings. The molecule has 0 saturated heterocycles. The fourth-order valence-electron chi connectivity index (χ4n) is 4.02. The Labute approximate surface area is 201 Å². The standard InChI is InChI=1S/C31H40O2/c1-4-6-8-10-22-32-30-19-16-27(17-20-30)26-12-14-28(15-13-26)29-18-21-31(25(3)24-29)33-23-11-9-7-5-2/h12-21,24H,4-11,22-23H2,1-3H3. The van der Waals surface area contributed by atoms with Crippen molar-refractivity contribution in [2.75, 3.05) is 13.2 Å². The summed E-state index contributed by atoms with van der Waals surface area (Å²) in [7, 11) is 0. The van der Waals surface area contributed by atoms with E-state index in [1.165, 1.54) is 66.3 Å². The lowest BCUT2D eigenvalue weighted by atomic mass is 9.99. The predicted octanol–water partition coefficient (Wildman–Crippen LogP) is 9.25. The highest BCUT2D eigenvalue weighted by atomic mass is 16.5. The molecule has 0 aromatic heterocycles. The third kappa shape index (κ3) is 7.96. The molecule has 2 nitrogen and oxygen atoms in total. The minimum atomic E-state index is 0.802. The molecule has 3 aromatic carbocycles. The number of aryl methyl sites for hydroxylation is 1. The zero-order chi connectivity index (χ0) is 23.3. The summed E-state index contributed by atoms with van der Waals surface area (Å²) in [6.45, 7) is 8.20. The lowest BCUT2D eigenvalue weighted by Gasteiger charge is -2.11. The Balaban J connectivity index is 1.55. The van der Waals surface area contributed by atoms with Crippen LogP contribution in [-0.4, -0.2) is 13.2 Å². The summed E-state index contributed by atoms with van der Waals surface area (Å²) in [6.07, 6.45) is 9.83. The van der Waals surface area contributed by atoms with E-state index < -0.39 is 0 Å². The van der Waals surface area contributed by atoms with Crippen molar-refractivity contribution in [3.63, 3.8) is 0 Å². The van der Waals surface area contributed by atoms with E-state index in [4.69, 9.17) is 9.47 Å². The van der Waals surface area contributed by atoms with Crippen LogP contribution in [0.25, 0.3) is 22.3 Å². The molecule has 0 radical (unpaired) electrons. The summed E-state index contributed by atoms with van der Waals surface area (Å²) in [5.41, 5.74) is 6.07. The Bertz CT molecular complexity index is 942.